The van der Waals surface area contributed by atoms with Gasteiger partial charge in [-0.25, -0.2) is 4.39 Å². The lowest BCUT2D eigenvalue weighted by atomic mass is 10.1. The van der Waals surface area contributed by atoms with Crippen LogP contribution in [-0.2, 0) is 17.3 Å². The van der Waals surface area contributed by atoms with Gasteiger partial charge in [-0.05, 0) is 74.5 Å². The van der Waals surface area contributed by atoms with Gasteiger partial charge in [-0.15, -0.1) is 12.3 Å². The fraction of sp³-hybridized carbons (Fsp3) is 0.250. The van der Waals surface area contributed by atoms with Gasteiger partial charge >= 0.3 is 0 Å². The monoisotopic (exact) mass is 492 g/mol. The van der Waals surface area contributed by atoms with Crippen molar-refractivity contribution in [1.82, 2.24) is 10.3 Å². The maximum atomic E-state index is 13.2. The van der Waals surface area contributed by atoms with E-state index in [-0.39, 0.29) is 11.9 Å². The summed E-state index contributed by atoms with van der Waals surface area (Å²) in [5.74, 6) is 2.72. The third-order valence-corrected chi connectivity index (χ3v) is 5.55. The van der Waals surface area contributed by atoms with Gasteiger partial charge in [0.05, 0.1) is 6.54 Å². The van der Waals surface area contributed by atoms with Gasteiger partial charge in [-0.3, -0.25) is 14.2 Å². The van der Waals surface area contributed by atoms with Crippen molar-refractivity contribution in [3.63, 3.8) is 0 Å². The molecule has 2 atom stereocenters. The van der Waals surface area contributed by atoms with Crippen molar-refractivity contribution in [2.24, 2.45) is 9.98 Å². The van der Waals surface area contributed by atoms with Gasteiger partial charge in [0.1, 0.15) is 11.7 Å². The van der Waals surface area contributed by atoms with E-state index in [1.165, 1.54) is 12.1 Å². The Bertz CT molecular complexity index is 1120. The molecule has 0 aliphatic heterocycles. The van der Waals surface area contributed by atoms with Crippen LogP contribution in [0.25, 0.3) is 0 Å². The molecule has 0 amide bonds. The molecular formula is C28H33FN4OS. The lowest BCUT2D eigenvalue weighted by molar-refractivity contribution is 0.624. The van der Waals surface area contributed by atoms with Crippen molar-refractivity contribution in [3.8, 4) is 12.3 Å². The SMILES string of the molecule is C#CC.CC(NC(=NCc1ccncc1)c1ccc(S(C)=O)cc1)c1ccc(F)cc1.CC=NC. The summed E-state index contributed by atoms with van der Waals surface area (Å²) in [6.07, 6.45) is 11.5. The highest BCUT2D eigenvalue weighted by molar-refractivity contribution is 7.84. The van der Waals surface area contributed by atoms with Crippen LogP contribution in [0.5, 0.6) is 0 Å². The zero-order chi connectivity index (χ0) is 26.1. The largest absolute Gasteiger partial charge is 0.363 e. The number of amidine groups is 1. The van der Waals surface area contributed by atoms with Crippen molar-refractivity contribution in [3.05, 3.63) is 95.6 Å². The number of terminal acetylenes is 1. The Morgan fingerprint density at radius 1 is 1.14 bits per heavy atom. The Morgan fingerprint density at radius 3 is 2.17 bits per heavy atom. The molecule has 0 spiro atoms. The van der Waals surface area contributed by atoms with Crippen LogP contribution in [0.2, 0.25) is 0 Å². The van der Waals surface area contributed by atoms with E-state index in [4.69, 9.17) is 4.99 Å². The fourth-order valence-electron chi connectivity index (χ4n) is 2.72. The van der Waals surface area contributed by atoms with Crippen LogP contribution in [-0.4, -0.2) is 34.5 Å². The third kappa shape index (κ3) is 11.4. The zero-order valence-corrected chi connectivity index (χ0v) is 21.7. The van der Waals surface area contributed by atoms with Gasteiger partial charge in [0.25, 0.3) is 0 Å². The highest BCUT2D eigenvalue weighted by Gasteiger charge is 2.11. The first-order valence-corrected chi connectivity index (χ1v) is 12.5. The van der Waals surface area contributed by atoms with Crippen LogP contribution in [0.1, 0.15) is 43.5 Å². The van der Waals surface area contributed by atoms with Crippen molar-refractivity contribution in [2.45, 2.75) is 38.3 Å². The summed E-state index contributed by atoms with van der Waals surface area (Å²) in [4.78, 5) is 13.2. The van der Waals surface area contributed by atoms with Gasteiger partial charge in [0, 0.05) is 53.0 Å². The van der Waals surface area contributed by atoms with E-state index in [0.717, 1.165) is 27.4 Å². The number of halogens is 1. The molecule has 2 unspecified atom stereocenters. The van der Waals surface area contributed by atoms with Crippen LogP contribution < -0.4 is 5.32 Å². The molecular weight excluding hydrogens is 459 g/mol. The summed E-state index contributed by atoms with van der Waals surface area (Å²) in [6.45, 7) is 6.05. The summed E-state index contributed by atoms with van der Waals surface area (Å²) < 4.78 is 24.9. The van der Waals surface area contributed by atoms with Gasteiger partial charge in [0.15, 0.2) is 0 Å². The molecule has 0 saturated heterocycles. The lowest BCUT2D eigenvalue weighted by Gasteiger charge is -2.18. The molecule has 0 radical (unpaired) electrons. The zero-order valence-electron chi connectivity index (χ0n) is 20.9. The van der Waals surface area contributed by atoms with Crippen LogP contribution in [0.3, 0.4) is 0 Å². The minimum atomic E-state index is -1.03. The highest BCUT2D eigenvalue weighted by Crippen LogP contribution is 2.16. The minimum Gasteiger partial charge on any atom is -0.363 e. The lowest BCUT2D eigenvalue weighted by Crippen LogP contribution is -2.28. The van der Waals surface area contributed by atoms with Crippen LogP contribution in [0, 0.1) is 18.2 Å². The predicted octanol–water partition coefficient (Wildman–Crippen LogP) is 5.60. The highest BCUT2D eigenvalue weighted by atomic mass is 32.2. The second-order valence-corrected chi connectivity index (χ2v) is 8.60. The number of nitrogens with one attached hydrogen (secondary N) is 1. The second-order valence-electron chi connectivity index (χ2n) is 7.22. The number of aromatic nitrogens is 1. The van der Waals surface area contributed by atoms with E-state index >= 15 is 0 Å². The molecule has 3 aromatic rings. The molecule has 35 heavy (non-hydrogen) atoms. The van der Waals surface area contributed by atoms with Crippen molar-refractivity contribution in [2.75, 3.05) is 13.3 Å². The van der Waals surface area contributed by atoms with Crippen molar-refractivity contribution < 1.29 is 8.60 Å². The third-order valence-electron chi connectivity index (χ3n) is 4.61. The average molecular weight is 493 g/mol. The summed E-state index contributed by atoms with van der Waals surface area (Å²) in [5.41, 5.74) is 2.91. The van der Waals surface area contributed by atoms with E-state index in [1.54, 1.807) is 51.0 Å². The molecule has 3 rings (SSSR count). The average Bonchev–Trinajstić information content (AvgIpc) is 2.88. The van der Waals surface area contributed by atoms with Crippen LogP contribution in [0.4, 0.5) is 4.39 Å². The molecule has 0 saturated carbocycles. The second kappa shape index (κ2) is 16.9. The predicted molar refractivity (Wildman–Crippen MR) is 146 cm³/mol. The first-order chi connectivity index (χ1) is 16.9. The summed E-state index contributed by atoms with van der Waals surface area (Å²) >= 11 is 0. The molecule has 0 bridgehead atoms. The Hall–Kier alpha value is -3.63. The van der Waals surface area contributed by atoms with Crippen molar-refractivity contribution in [1.29, 1.82) is 0 Å². The molecule has 0 fully saturated rings. The first kappa shape index (κ1) is 29.4. The van der Waals surface area contributed by atoms with E-state index in [9.17, 15) is 8.60 Å². The molecule has 5 nitrogen and oxygen atoms in total. The van der Waals surface area contributed by atoms with E-state index < -0.39 is 10.8 Å². The molecule has 2 aromatic carbocycles. The molecule has 1 heterocycles. The number of hydrogen-bond donors (Lipinski definition) is 1. The number of hydrogen-bond acceptors (Lipinski definition) is 4. The Balaban J connectivity index is 0.000000778. The Labute approximate surface area is 211 Å². The van der Waals surface area contributed by atoms with Gasteiger partial charge in [-0.1, -0.05) is 24.3 Å². The van der Waals surface area contributed by atoms with Crippen molar-refractivity contribution >= 4 is 22.8 Å². The molecule has 0 aliphatic rings. The maximum Gasteiger partial charge on any atom is 0.129 e. The van der Waals surface area contributed by atoms with Gasteiger partial charge in [-0.2, -0.15) is 0 Å². The molecule has 1 N–H and O–H groups in total. The number of pyridine rings is 1. The topological polar surface area (TPSA) is 66.7 Å². The van der Waals surface area contributed by atoms with Gasteiger partial charge < -0.3 is 10.3 Å². The van der Waals surface area contributed by atoms with Crippen LogP contribution in [0.15, 0.2) is 87.9 Å². The smallest absolute Gasteiger partial charge is 0.129 e. The summed E-state index contributed by atoms with van der Waals surface area (Å²) in [5, 5.41) is 3.42. The van der Waals surface area contributed by atoms with E-state index in [2.05, 4.69) is 27.6 Å². The van der Waals surface area contributed by atoms with E-state index in [1.807, 2.05) is 50.2 Å². The standard InChI is InChI=1S/C22H22FN3OS.C3H7N.C3H4/c1-16(18-3-7-20(23)8-4-18)26-22(25-15-17-11-13-24-14-12-17)19-5-9-21(10-6-19)28(2)27;1-3-4-2;1-3-2/h3-14,16H,15H2,1-2H3,(H,25,26);3H,1-2H3;1H,2H3. The first-order valence-electron chi connectivity index (χ1n) is 11.0. The Morgan fingerprint density at radius 2 is 1.69 bits per heavy atom. The summed E-state index contributed by atoms with van der Waals surface area (Å²) in [6, 6.07) is 17.7. The fourth-order valence-corrected chi connectivity index (χ4v) is 3.24. The number of rotatable bonds is 6. The maximum absolute atomic E-state index is 13.2. The molecule has 1 aromatic heterocycles. The molecule has 0 aliphatic carbocycles. The quantitative estimate of drug-likeness (QED) is 0.277. The number of benzene rings is 2. The van der Waals surface area contributed by atoms with Gasteiger partial charge in [0.2, 0.25) is 0 Å². The number of nitrogens with zero attached hydrogens (tertiary/aromatic N) is 3. The normalized spacial score (nSPS) is 12.3. The molecule has 184 valence electrons. The Kier molecular flexibility index (Phi) is 14.2. The van der Waals surface area contributed by atoms with E-state index in [0.29, 0.717) is 6.54 Å². The summed E-state index contributed by atoms with van der Waals surface area (Å²) in [7, 11) is 0.721. The minimum absolute atomic E-state index is 0.0585. The number of aliphatic imine (C=N–C) groups is 2. The molecule has 7 heteroatoms. The van der Waals surface area contributed by atoms with Crippen LogP contribution >= 0.6 is 0 Å².